The normalized spacial score (nSPS) is 12.0. The van der Waals surface area contributed by atoms with Crippen LogP contribution in [0.25, 0.3) is 21.5 Å². The van der Waals surface area contributed by atoms with Crippen LogP contribution in [0, 0.1) is 6.92 Å². The van der Waals surface area contributed by atoms with Gasteiger partial charge in [-0.3, -0.25) is 9.48 Å². The minimum atomic E-state index is -0.295. The lowest BCUT2D eigenvalue weighted by atomic mass is 10.1. The van der Waals surface area contributed by atoms with Gasteiger partial charge in [0.25, 0.3) is 5.56 Å². The van der Waals surface area contributed by atoms with Gasteiger partial charge in [0.15, 0.2) is 0 Å². The third-order valence-corrected chi connectivity index (χ3v) is 5.36. The zero-order valence-corrected chi connectivity index (χ0v) is 16.7. The lowest BCUT2D eigenvalue weighted by molar-refractivity contribution is 0.366. The van der Waals surface area contributed by atoms with Crippen molar-refractivity contribution >= 4 is 22.2 Å². The van der Waals surface area contributed by atoms with E-state index in [9.17, 15) is 4.79 Å². The first-order chi connectivity index (χ1) is 12.8. The molecule has 4 rings (SSSR count). The molecule has 0 bridgehead atoms. The Bertz CT molecular complexity index is 1160. The first-order valence-electron chi connectivity index (χ1n) is 8.93. The lowest BCUT2D eigenvalue weighted by Crippen LogP contribution is -2.30. The number of aromatic nitrogens is 4. The average molecular weight is 379 g/mol. The maximum atomic E-state index is 13.3. The number of benzene rings is 1. The number of rotatable bonds is 3. The fourth-order valence-corrected chi connectivity index (χ4v) is 3.99. The topological polar surface area (TPSA) is 52.7 Å². The van der Waals surface area contributed by atoms with Gasteiger partial charge in [-0.1, -0.05) is 35.9 Å². The predicted octanol–water partition coefficient (Wildman–Crippen LogP) is 4.43. The number of hydrogen-bond donors (Lipinski definition) is 0. The lowest BCUT2D eigenvalue weighted by Gasteiger charge is -2.20. The minimum Gasteiger partial charge on any atom is -0.265 e. The zero-order chi connectivity index (χ0) is 19.2. The van der Waals surface area contributed by atoms with Crippen LogP contribution in [0.3, 0.4) is 0 Å². The second kappa shape index (κ2) is 6.46. The summed E-state index contributed by atoms with van der Waals surface area (Å²) in [6, 6.07) is 12.2. The van der Waals surface area contributed by atoms with E-state index in [0.717, 1.165) is 21.5 Å². The van der Waals surface area contributed by atoms with E-state index in [4.69, 9.17) is 5.10 Å². The molecule has 0 fully saturated rings. The van der Waals surface area contributed by atoms with Crippen LogP contribution in [0.5, 0.6) is 0 Å². The molecule has 0 aliphatic heterocycles. The van der Waals surface area contributed by atoms with Gasteiger partial charge in [-0.05, 0) is 44.7 Å². The van der Waals surface area contributed by atoms with E-state index in [0.29, 0.717) is 12.1 Å². The van der Waals surface area contributed by atoms with Gasteiger partial charge in [-0.25, -0.2) is 4.68 Å². The molecule has 0 aliphatic rings. The first-order valence-corrected chi connectivity index (χ1v) is 9.81. The standard InChI is InChI=1S/C21H22N4OS/c1-14-7-5-8-15(11-14)13-24-20(26)19-16(12-22-25(19)21(2,3)4)18(23-24)17-9-6-10-27-17/h5-12H,13H2,1-4H3. The maximum Gasteiger partial charge on any atom is 0.293 e. The van der Waals surface area contributed by atoms with Crippen LogP contribution in [0.1, 0.15) is 31.9 Å². The molecule has 5 nitrogen and oxygen atoms in total. The summed E-state index contributed by atoms with van der Waals surface area (Å²) >= 11 is 1.62. The second-order valence-corrected chi connectivity index (χ2v) is 8.71. The molecular weight excluding hydrogens is 356 g/mol. The molecule has 0 N–H and O–H groups in total. The van der Waals surface area contributed by atoms with Crippen molar-refractivity contribution in [2.24, 2.45) is 0 Å². The Morgan fingerprint density at radius 2 is 1.96 bits per heavy atom. The molecule has 0 atom stereocenters. The van der Waals surface area contributed by atoms with E-state index in [2.05, 4.69) is 44.9 Å². The summed E-state index contributed by atoms with van der Waals surface area (Å²) in [6.45, 7) is 8.64. The highest BCUT2D eigenvalue weighted by Crippen LogP contribution is 2.30. The zero-order valence-electron chi connectivity index (χ0n) is 15.9. The van der Waals surface area contributed by atoms with Crippen molar-refractivity contribution in [2.45, 2.75) is 39.8 Å². The molecule has 27 heavy (non-hydrogen) atoms. The molecule has 0 spiro atoms. The highest BCUT2D eigenvalue weighted by Gasteiger charge is 2.23. The van der Waals surface area contributed by atoms with Crippen LogP contribution >= 0.6 is 11.3 Å². The smallest absolute Gasteiger partial charge is 0.265 e. The number of hydrogen-bond acceptors (Lipinski definition) is 4. The molecule has 3 heterocycles. The Morgan fingerprint density at radius 1 is 1.15 bits per heavy atom. The van der Waals surface area contributed by atoms with Crippen LogP contribution in [0.15, 0.2) is 52.8 Å². The summed E-state index contributed by atoms with van der Waals surface area (Å²) < 4.78 is 3.38. The number of fused-ring (bicyclic) bond motifs is 1. The summed E-state index contributed by atoms with van der Waals surface area (Å²) in [4.78, 5) is 14.3. The van der Waals surface area contributed by atoms with Gasteiger partial charge < -0.3 is 0 Å². The minimum absolute atomic E-state index is 0.112. The Hall–Kier alpha value is -2.73. The van der Waals surface area contributed by atoms with Gasteiger partial charge in [-0.2, -0.15) is 10.2 Å². The number of aryl methyl sites for hydroxylation is 1. The van der Waals surface area contributed by atoms with Crippen molar-refractivity contribution in [3.8, 4) is 10.6 Å². The number of nitrogens with zero attached hydrogens (tertiary/aromatic N) is 4. The van der Waals surface area contributed by atoms with Crippen molar-refractivity contribution in [2.75, 3.05) is 0 Å². The van der Waals surface area contributed by atoms with E-state index in [1.807, 2.05) is 34.3 Å². The predicted molar refractivity (Wildman–Crippen MR) is 110 cm³/mol. The van der Waals surface area contributed by atoms with Gasteiger partial charge in [-0.15, -0.1) is 11.3 Å². The molecule has 6 heteroatoms. The molecule has 0 saturated heterocycles. The summed E-state index contributed by atoms with van der Waals surface area (Å²) in [5.41, 5.74) is 3.23. The summed E-state index contributed by atoms with van der Waals surface area (Å²) in [7, 11) is 0. The van der Waals surface area contributed by atoms with Crippen LogP contribution in [0.4, 0.5) is 0 Å². The molecule has 3 aromatic heterocycles. The second-order valence-electron chi connectivity index (χ2n) is 7.77. The first kappa shape index (κ1) is 17.7. The monoisotopic (exact) mass is 378 g/mol. The average Bonchev–Trinajstić information content (AvgIpc) is 3.26. The SMILES string of the molecule is Cc1cccc(Cn2nc(-c3cccs3)c3cnn(C(C)(C)C)c3c2=O)c1. The Morgan fingerprint density at radius 3 is 2.63 bits per heavy atom. The molecule has 0 aliphatic carbocycles. The van der Waals surface area contributed by atoms with Crippen LogP contribution in [-0.2, 0) is 12.1 Å². The van der Waals surface area contributed by atoms with Crippen LogP contribution < -0.4 is 5.56 Å². The van der Waals surface area contributed by atoms with Gasteiger partial charge in [0.05, 0.1) is 28.5 Å². The third kappa shape index (κ3) is 3.21. The van der Waals surface area contributed by atoms with Gasteiger partial charge in [0, 0.05) is 0 Å². The molecular formula is C21H22N4OS. The molecule has 138 valence electrons. The van der Waals surface area contributed by atoms with Crippen molar-refractivity contribution in [3.63, 3.8) is 0 Å². The van der Waals surface area contributed by atoms with E-state index in [1.54, 1.807) is 22.2 Å². The molecule has 0 unspecified atom stereocenters. The molecule has 0 amide bonds. The summed E-state index contributed by atoms with van der Waals surface area (Å²) in [5.74, 6) is 0. The van der Waals surface area contributed by atoms with E-state index < -0.39 is 0 Å². The molecule has 1 aromatic carbocycles. The fraction of sp³-hybridized carbons (Fsp3) is 0.286. The fourth-order valence-electron chi connectivity index (χ4n) is 3.26. The van der Waals surface area contributed by atoms with Crippen LogP contribution in [-0.4, -0.2) is 19.6 Å². The van der Waals surface area contributed by atoms with Gasteiger partial charge in [0.1, 0.15) is 11.2 Å². The van der Waals surface area contributed by atoms with Crippen molar-refractivity contribution in [1.82, 2.24) is 19.6 Å². The maximum absolute atomic E-state index is 13.3. The Kier molecular flexibility index (Phi) is 4.23. The van der Waals surface area contributed by atoms with E-state index >= 15 is 0 Å². The van der Waals surface area contributed by atoms with Crippen molar-refractivity contribution < 1.29 is 0 Å². The van der Waals surface area contributed by atoms with Crippen molar-refractivity contribution in [3.05, 3.63) is 69.5 Å². The van der Waals surface area contributed by atoms with Crippen molar-refractivity contribution in [1.29, 1.82) is 0 Å². The van der Waals surface area contributed by atoms with Gasteiger partial charge >= 0.3 is 0 Å². The Labute approximate surface area is 161 Å². The summed E-state index contributed by atoms with van der Waals surface area (Å²) in [6.07, 6.45) is 1.76. The quantitative estimate of drug-likeness (QED) is 0.530. The molecule has 0 saturated carbocycles. The largest absolute Gasteiger partial charge is 0.293 e. The highest BCUT2D eigenvalue weighted by molar-refractivity contribution is 7.13. The number of thiophene rings is 1. The Balaban J connectivity index is 1.99. The van der Waals surface area contributed by atoms with Crippen LogP contribution in [0.2, 0.25) is 0 Å². The summed E-state index contributed by atoms with van der Waals surface area (Å²) in [5, 5.41) is 12.1. The molecule has 0 radical (unpaired) electrons. The van der Waals surface area contributed by atoms with E-state index in [-0.39, 0.29) is 11.1 Å². The third-order valence-electron chi connectivity index (χ3n) is 4.49. The highest BCUT2D eigenvalue weighted by atomic mass is 32.1. The van der Waals surface area contributed by atoms with E-state index in [1.165, 1.54) is 5.56 Å². The van der Waals surface area contributed by atoms with Gasteiger partial charge in [0.2, 0.25) is 0 Å². The molecule has 4 aromatic rings.